The first kappa shape index (κ1) is 20.1. The van der Waals surface area contributed by atoms with Gasteiger partial charge in [-0.15, -0.1) is 11.3 Å². The van der Waals surface area contributed by atoms with E-state index in [9.17, 15) is 0 Å². The van der Waals surface area contributed by atoms with E-state index >= 15 is 0 Å². The summed E-state index contributed by atoms with van der Waals surface area (Å²) in [5.41, 5.74) is 5.06. The van der Waals surface area contributed by atoms with Crippen molar-refractivity contribution in [2.75, 3.05) is 0 Å². The number of rotatable bonds is 3. The largest absolute Gasteiger partial charge is 0.228 e. The zero-order valence-corrected chi connectivity index (χ0v) is 19.7. The lowest BCUT2D eigenvalue weighted by Gasteiger charge is -2.10. The molecule has 0 aliphatic carbocycles. The van der Waals surface area contributed by atoms with Crippen molar-refractivity contribution in [2.24, 2.45) is 0 Å². The summed E-state index contributed by atoms with van der Waals surface area (Å²) in [4.78, 5) is 10.1. The van der Waals surface area contributed by atoms with Gasteiger partial charge in [0.15, 0.2) is 5.82 Å². The number of fused-ring (bicyclic) bond motifs is 4. The van der Waals surface area contributed by atoms with Crippen LogP contribution in [0.5, 0.6) is 0 Å². The lowest BCUT2D eigenvalue weighted by atomic mass is 10.0. The Balaban J connectivity index is 1.45. The van der Waals surface area contributed by atoms with Crippen LogP contribution in [0.3, 0.4) is 0 Å². The maximum atomic E-state index is 5.07. The number of thiophene rings is 1. The molecule has 0 amide bonds. The molecule has 0 aliphatic heterocycles. The fourth-order valence-electron chi connectivity index (χ4n) is 4.69. The molecule has 0 aliphatic rings. The van der Waals surface area contributed by atoms with Gasteiger partial charge in [-0.25, -0.2) is 9.97 Å². The van der Waals surface area contributed by atoms with Crippen molar-refractivity contribution in [3.8, 4) is 33.9 Å². The molecule has 7 aromatic rings. The maximum absolute atomic E-state index is 5.07. The minimum absolute atomic E-state index is 0.738. The highest BCUT2D eigenvalue weighted by molar-refractivity contribution is 7.25. The van der Waals surface area contributed by atoms with Crippen LogP contribution in [0.2, 0.25) is 0 Å². The molecule has 35 heavy (non-hydrogen) atoms. The van der Waals surface area contributed by atoms with Crippen molar-refractivity contribution in [2.45, 2.75) is 0 Å². The predicted molar refractivity (Wildman–Crippen MR) is 149 cm³/mol. The van der Waals surface area contributed by atoms with Gasteiger partial charge in [0.25, 0.3) is 0 Å². The fraction of sp³-hybridized carbons (Fsp3) is 0. The van der Waals surface area contributed by atoms with Crippen LogP contribution in [0.1, 0.15) is 0 Å². The summed E-state index contributed by atoms with van der Waals surface area (Å²) in [6, 6.07) is 42.6. The van der Waals surface area contributed by atoms with Crippen molar-refractivity contribution < 1.29 is 0 Å². The molecule has 0 atom stereocenters. The molecule has 0 radical (unpaired) electrons. The summed E-state index contributed by atoms with van der Waals surface area (Å²) in [6.45, 7) is 0. The maximum Gasteiger partial charge on any atom is 0.160 e. The van der Waals surface area contributed by atoms with Gasteiger partial charge < -0.3 is 0 Å². The first-order valence-electron chi connectivity index (χ1n) is 11.7. The highest BCUT2D eigenvalue weighted by Crippen LogP contribution is 2.37. The summed E-state index contributed by atoms with van der Waals surface area (Å²) in [5, 5.41) is 4.97. The van der Waals surface area contributed by atoms with Crippen molar-refractivity contribution in [1.82, 2.24) is 9.97 Å². The Morgan fingerprint density at radius 3 is 2.00 bits per heavy atom. The van der Waals surface area contributed by atoms with Crippen molar-refractivity contribution in [3.05, 3.63) is 121 Å². The summed E-state index contributed by atoms with van der Waals surface area (Å²) >= 11 is 1.83. The van der Waals surface area contributed by atoms with Gasteiger partial charge in [-0.1, -0.05) is 91.0 Å². The third kappa shape index (κ3) is 3.58. The molecule has 5 aromatic carbocycles. The van der Waals surface area contributed by atoms with Crippen LogP contribution < -0.4 is 0 Å². The Labute approximate surface area is 207 Å². The third-order valence-corrected chi connectivity index (χ3v) is 7.63. The lowest BCUT2D eigenvalue weighted by molar-refractivity contribution is 1.18. The zero-order valence-electron chi connectivity index (χ0n) is 18.8. The molecule has 0 unspecified atom stereocenters. The van der Waals surface area contributed by atoms with Crippen molar-refractivity contribution in [1.29, 1.82) is 0 Å². The van der Waals surface area contributed by atoms with Gasteiger partial charge in [0.1, 0.15) is 0 Å². The zero-order chi connectivity index (χ0) is 23.2. The van der Waals surface area contributed by atoms with Gasteiger partial charge in [-0.2, -0.15) is 0 Å². The van der Waals surface area contributed by atoms with Gasteiger partial charge in [0.2, 0.25) is 0 Å². The van der Waals surface area contributed by atoms with E-state index in [-0.39, 0.29) is 0 Å². The molecule has 3 heteroatoms. The van der Waals surface area contributed by atoms with Gasteiger partial charge in [0.05, 0.1) is 11.4 Å². The number of hydrogen-bond acceptors (Lipinski definition) is 3. The van der Waals surface area contributed by atoms with E-state index in [1.807, 2.05) is 17.4 Å². The molecular weight excluding hydrogens is 444 g/mol. The number of benzene rings is 5. The van der Waals surface area contributed by atoms with E-state index in [4.69, 9.17) is 9.97 Å². The highest BCUT2D eigenvalue weighted by Gasteiger charge is 2.13. The summed E-state index contributed by atoms with van der Waals surface area (Å²) < 4.78 is 2.60. The Hall–Kier alpha value is -4.34. The van der Waals surface area contributed by atoms with Crippen LogP contribution in [0.4, 0.5) is 0 Å². The Bertz CT molecular complexity index is 1850. The van der Waals surface area contributed by atoms with Crippen LogP contribution in [0.25, 0.3) is 64.8 Å². The Morgan fingerprint density at radius 1 is 0.429 bits per heavy atom. The minimum atomic E-state index is 0.738. The van der Waals surface area contributed by atoms with Crippen LogP contribution in [-0.2, 0) is 0 Å². The van der Waals surface area contributed by atoms with Crippen molar-refractivity contribution >= 4 is 42.3 Å². The molecular formula is C32H20N2S. The van der Waals surface area contributed by atoms with E-state index in [1.165, 1.54) is 30.9 Å². The number of nitrogens with zero attached hydrogens (tertiary/aromatic N) is 2. The molecule has 164 valence electrons. The molecule has 7 rings (SSSR count). The monoisotopic (exact) mass is 464 g/mol. The van der Waals surface area contributed by atoms with E-state index in [1.54, 1.807) is 0 Å². The van der Waals surface area contributed by atoms with Gasteiger partial charge in [0, 0.05) is 36.9 Å². The molecule has 2 heterocycles. The topological polar surface area (TPSA) is 25.8 Å². The molecule has 0 bridgehead atoms. The molecule has 2 nitrogen and oxygen atoms in total. The second kappa shape index (κ2) is 8.15. The average molecular weight is 465 g/mol. The summed E-state index contributed by atoms with van der Waals surface area (Å²) in [7, 11) is 0. The normalized spacial score (nSPS) is 11.4. The number of aromatic nitrogens is 2. The average Bonchev–Trinajstić information content (AvgIpc) is 3.31. The molecule has 0 saturated heterocycles. The van der Waals surface area contributed by atoms with Crippen LogP contribution >= 0.6 is 11.3 Å². The van der Waals surface area contributed by atoms with Crippen LogP contribution in [-0.4, -0.2) is 9.97 Å². The molecule has 2 aromatic heterocycles. The highest BCUT2D eigenvalue weighted by atomic mass is 32.1. The fourth-order valence-corrected chi connectivity index (χ4v) is 5.78. The standard InChI is InChI=1S/C32H20N2S/c1-2-9-22(10-3-1)28-20-29(24-16-17-31-27(19-24)26-12-6-7-13-30(26)35-31)34-32(33-28)25-15-14-21-8-4-5-11-23(21)18-25/h1-20H. The van der Waals surface area contributed by atoms with Gasteiger partial charge in [-0.3, -0.25) is 0 Å². The SMILES string of the molecule is c1ccc(-c2cc(-c3ccc4sc5ccccc5c4c3)nc(-c3ccc4ccccc4c3)n2)cc1. The lowest BCUT2D eigenvalue weighted by Crippen LogP contribution is -1.96. The first-order chi connectivity index (χ1) is 17.3. The Kier molecular flexibility index (Phi) is 4.68. The van der Waals surface area contributed by atoms with E-state index in [0.29, 0.717) is 0 Å². The van der Waals surface area contributed by atoms with Gasteiger partial charge in [-0.05, 0) is 41.1 Å². The van der Waals surface area contributed by atoms with Crippen LogP contribution in [0, 0.1) is 0 Å². The summed E-state index contributed by atoms with van der Waals surface area (Å²) in [5.74, 6) is 0.738. The third-order valence-electron chi connectivity index (χ3n) is 6.48. The van der Waals surface area contributed by atoms with Crippen molar-refractivity contribution in [3.63, 3.8) is 0 Å². The quantitative estimate of drug-likeness (QED) is 0.261. The van der Waals surface area contributed by atoms with Gasteiger partial charge >= 0.3 is 0 Å². The van der Waals surface area contributed by atoms with E-state index in [0.717, 1.165) is 33.9 Å². The number of hydrogen-bond donors (Lipinski definition) is 0. The smallest absolute Gasteiger partial charge is 0.160 e. The van der Waals surface area contributed by atoms with E-state index in [2.05, 4.69) is 115 Å². The first-order valence-corrected chi connectivity index (χ1v) is 12.5. The second-order valence-electron chi connectivity index (χ2n) is 8.70. The Morgan fingerprint density at radius 2 is 1.11 bits per heavy atom. The molecule has 0 saturated carbocycles. The second-order valence-corrected chi connectivity index (χ2v) is 9.78. The molecule has 0 fully saturated rings. The van der Waals surface area contributed by atoms with Crippen LogP contribution in [0.15, 0.2) is 121 Å². The molecule has 0 spiro atoms. The predicted octanol–water partition coefficient (Wildman–Crippen LogP) is 9.00. The summed E-state index contributed by atoms with van der Waals surface area (Å²) in [6.07, 6.45) is 0. The minimum Gasteiger partial charge on any atom is -0.228 e. The van der Waals surface area contributed by atoms with E-state index < -0.39 is 0 Å². The molecule has 0 N–H and O–H groups in total.